The minimum atomic E-state index is -0.160. The summed E-state index contributed by atoms with van der Waals surface area (Å²) >= 11 is 2.79. The van der Waals surface area contributed by atoms with Crippen LogP contribution in [0.1, 0.15) is 0 Å². The van der Waals surface area contributed by atoms with Crippen LogP contribution >= 0.6 is 23.1 Å². The Balaban J connectivity index is 1.31. The van der Waals surface area contributed by atoms with E-state index in [-0.39, 0.29) is 18.5 Å². The highest BCUT2D eigenvalue weighted by molar-refractivity contribution is 7.99. The van der Waals surface area contributed by atoms with Crippen molar-refractivity contribution in [1.29, 1.82) is 0 Å². The van der Waals surface area contributed by atoms with E-state index in [2.05, 4.69) is 25.5 Å². The Bertz CT molecular complexity index is 1240. The van der Waals surface area contributed by atoms with E-state index in [9.17, 15) is 4.79 Å². The van der Waals surface area contributed by atoms with Gasteiger partial charge in [-0.05, 0) is 12.1 Å². The van der Waals surface area contributed by atoms with Gasteiger partial charge in [-0.1, -0.05) is 23.1 Å². The lowest BCUT2D eigenvalue weighted by atomic mass is 10.3. The molecule has 0 spiro atoms. The molecule has 5 rings (SSSR count). The third-order valence-corrected chi connectivity index (χ3v) is 6.28. The average Bonchev–Trinajstić information content (AvgIpc) is 3.42. The predicted molar refractivity (Wildman–Crippen MR) is 110 cm³/mol. The number of thioether (sulfide) groups is 1. The summed E-state index contributed by atoms with van der Waals surface area (Å²) in [5.74, 6) is 1.31. The van der Waals surface area contributed by atoms with Crippen molar-refractivity contribution in [1.82, 2.24) is 24.6 Å². The maximum absolute atomic E-state index is 12.3. The Hall–Kier alpha value is -3.12. The quantitative estimate of drug-likeness (QED) is 0.478. The van der Waals surface area contributed by atoms with Gasteiger partial charge in [0.1, 0.15) is 11.0 Å². The van der Waals surface area contributed by atoms with Crippen LogP contribution in [0, 0.1) is 0 Å². The van der Waals surface area contributed by atoms with Crippen LogP contribution in [0.25, 0.3) is 16.0 Å². The van der Waals surface area contributed by atoms with Crippen LogP contribution in [0.3, 0.4) is 0 Å². The van der Waals surface area contributed by atoms with Gasteiger partial charge in [0.05, 0.1) is 5.75 Å². The summed E-state index contributed by atoms with van der Waals surface area (Å²) in [6.07, 6.45) is 1.63. The molecule has 29 heavy (non-hydrogen) atoms. The van der Waals surface area contributed by atoms with Gasteiger partial charge in [0, 0.05) is 25.8 Å². The van der Waals surface area contributed by atoms with Gasteiger partial charge in [0.2, 0.25) is 12.7 Å². The lowest BCUT2D eigenvalue weighted by Crippen LogP contribution is -2.14. The number of benzene rings is 1. The number of carbonyl (C=O) groups is 1. The van der Waals surface area contributed by atoms with Gasteiger partial charge in [-0.3, -0.25) is 9.20 Å². The second kappa shape index (κ2) is 7.04. The first-order chi connectivity index (χ1) is 14.1. The number of thiazole rings is 1. The summed E-state index contributed by atoms with van der Waals surface area (Å²) in [4.78, 5) is 23.1. The van der Waals surface area contributed by atoms with Crippen molar-refractivity contribution in [3.05, 3.63) is 24.5 Å². The minimum Gasteiger partial charge on any atom is -0.454 e. The summed E-state index contributed by atoms with van der Waals surface area (Å²) in [6.45, 7) is 0.194. The number of ether oxygens (including phenoxy) is 2. The molecule has 0 saturated heterocycles. The molecule has 0 radical (unpaired) electrons. The van der Waals surface area contributed by atoms with E-state index in [4.69, 9.17) is 9.47 Å². The highest BCUT2D eigenvalue weighted by Gasteiger charge is 2.17. The number of rotatable bonds is 5. The molecule has 0 fully saturated rings. The third-order valence-electron chi connectivity index (χ3n) is 4.13. The Morgan fingerprint density at radius 1 is 1.31 bits per heavy atom. The minimum absolute atomic E-state index is 0.160. The first kappa shape index (κ1) is 17.9. The van der Waals surface area contributed by atoms with E-state index < -0.39 is 0 Å². The number of nitrogens with one attached hydrogen (secondary N) is 1. The SMILES string of the molecule is CN(C)c1nc2ncn3c(SCC(=O)Nc4ccc5c(c4)OCO5)nnc3c2s1. The van der Waals surface area contributed by atoms with Crippen molar-refractivity contribution < 1.29 is 14.3 Å². The fraction of sp³-hybridized carbons (Fsp3) is 0.235. The molecule has 0 unspecified atom stereocenters. The van der Waals surface area contributed by atoms with Crippen molar-refractivity contribution in [3.63, 3.8) is 0 Å². The van der Waals surface area contributed by atoms with Gasteiger partial charge in [-0.25, -0.2) is 4.98 Å². The molecule has 4 heterocycles. The zero-order valence-corrected chi connectivity index (χ0v) is 17.1. The smallest absolute Gasteiger partial charge is 0.234 e. The second-order valence-electron chi connectivity index (χ2n) is 6.37. The molecule has 1 N–H and O–H groups in total. The lowest BCUT2D eigenvalue weighted by molar-refractivity contribution is -0.113. The van der Waals surface area contributed by atoms with Crippen LogP contribution in [0.2, 0.25) is 0 Å². The van der Waals surface area contributed by atoms with E-state index in [1.54, 1.807) is 28.9 Å². The number of nitrogens with zero attached hydrogens (tertiary/aromatic N) is 6. The molecule has 3 aromatic heterocycles. The molecule has 0 saturated carbocycles. The number of hydrogen-bond acceptors (Lipinski definition) is 10. The van der Waals surface area contributed by atoms with Crippen LogP contribution in [-0.2, 0) is 4.79 Å². The Labute approximate surface area is 172 Å². The van der Waals surface area contributed by atoms with E-state index in [0.29, 0.717) is 33.6 Å². The molecule has 0 bridgehead atoms. The first-order valence-corrected chi connectivity index (χ1v) is 10.4. The summed E-state index contributed by atoms with van der Waals surface area (Å²) in [6, 6.07) is 5.28. The highest BCUT2D eigenvalue weighted by atomic mass is 32.2. The largest absolute Gasteiger partial charge is 0.454 e. The number of anilines is 2. The van der Waals surface area contributed by atoms with E-state index in [1.165, 1.54) is 23.1 Å². The molecule has 4 aromatic rings. The molecular weight excluding hydrogens is 414 g/mol. The highest BCUT2D eigenvalue weighted by Crippen LogP contribution is 2.34. The van der Waals surface area contributed by atoms with Crippen LogP contribution in [-0.4, -0.2) is 57.1 Å². The number of aromatic nitrogens is 5. The standard InChI is InChI=1S/C17H15N7O3S2/c1-23(2)16-20-14-13(29-16)15-21-22-17(24(15)7-18-14)28-6-12(25)19-9-3-4-10-11(5-9)27-8-26-10/h3-5,7H,6,8H2,1-2H3,(H,19,25). The monoisotopic (exact) mass is 429 g/mol. The summed E-state index contributed by atoms with van der Waals surface area (Å²) in [7, 11) is 3.86. The van der Waals surface area contributed by atoms with E-state index in [0.717, 1.165) is 9.83 Å². The van der Waals surface area contributed by atoms with Crippen LogP contribution < -0.4 is 19.7 Å². The van der Waals surface area contributed by atoms with Gasteiger partial charge in [-0.15, -0.1) is 10.2 Å². The molecule has 0 aliphatic carbocycles. The summed E-state index contributed by atoms with van der Waals surface area (Å²) in [5, 5.41) is 12.8. The number of amides is 1. The maximum Gasteiger partial charge on any atom is 0.234 e. The molecule has 12 heteroatoms. The van der Waals surface area contributed by atoms with Crippen molar-refractivity contribution in [2.75, 3.05) is 36.9 Å². The molecular formula is C17H15N7O3S2. The Kier molecular flexibility index (Phi) is 4.36. The molecule has 1 aromatic carbocycles. The fourth-order valence-electron chi connectivity index (χ4n) is 2.77. The predicted octanol–water partition coefficient (Wildman–Crippen LogP) is 2.26. The Morgan fingerprint density at radius 3 is 3.03 bits per heavy atom. The van der Waals surface area contributed by atoms with Crippen molar-refractivity contribution in [2.24, 2.45) is 0 Å². The summed E-state index contributed by atoms with van der Waals surface area (Å²) < 4.78 is 13.2. The number of carbonyl (C=O) groups excluding carboxylic acids is 1. The van der Waals surface area contributed by atoms with E-state index >= 15 is 0 Å². The summed E-state index contributed by atoms with van der Waals surface area (Å²) in [5.41, 5.74) is 1.96. The van der Waals surface area contributed by atoms with Crippen LogP contribution in [0.4, 0.5) is 10.8 Å². The molecule has 10 nitrogen and oxygen atoms in total. The second-order valence-corrected chi connectivity index (χ2v) is 8.29. The maximum atomic E-state index is 12.3. The lowest BCUT2D eigenvalue weighted by Gasteiger charge is -2.05. The molecule has 1 aliphatic heterocycles. The third kappa shape index (κ3) is 3.29. The number of fused-ring (bicyclic) bond motifs is 4. The van der Waals surface area contributed by atoms with Gasteiger partial charge in [-0.2, -0.15) is 4.98 Å². The normalized spacial score (nSPS) is 12.6. The average molecular weight is 429 g/mol. The number of hydrogen-bond donors (Lipinski definition) is 1. The van der Waals surface area contributed by atoms with Crippen molar-refractivity contribution in [3.8, 4) is 11.5 Å². The molecule has 1 aliphatic rings. The molecule has 0 atom stereocenters. The zero-order valence-electron chi connectivity index (χ0n) is 15.4. The van der Waals surface area contributed by atoms with Crippen LogP contribution in [0.15, 0.2) is 29.7 Å². The first-order valence-electron chi connectivity index (χ1n) is 8.58. The van der Waals surface area contributed by atoms with Gasteiger partial charge < -0.3 is 19.7 Å². The van der Waals surface area contributed by atoms with Gasteiger partial charge >= 0.3 is 0 Å². The fourth-order valence-corrected chi connectivity index (χ4v) is 4.39. The van der Waals surface area contributed by atoms with Crippen molar-refractivity contribution >= 4 is 55.8 Å². The zero-order chi connectivity index (χ0) is 20.0. The van der Waals surface area contributed by atoms with Gasteiger partial charge in [0.25, 0.3) is 0 Å². The van der Waals surface area contributed by atoms with Gasteiger partial charge in [0.15, 0.2) is 33.1 Å². The van der Waals surface area contributed by atoms with Crippen molar-refractivity contribution in [2.45, 2.75) is 5.16 Å². The topological polar surface area (TPSA) is 107 Å². The Morgan fingerprint density at radius 2 is 2.17 bits per heavy atom. The van der Waals surface area contributed by atoms with Crippen LogP contribution in [0.5, 0.6) is 11.5 Å². The van der Waals surface area contributed by atoms with E-state index in [1.807, 2.05) is 19.0 Å². The molecule has 148 valence electrons. The molecule has 1 amide bonds.